The lowest BCUT2D eigenvalue weighted by atomic mass is 9.71. The summed E-state index contributed by atoms with van der Waals surface area (Å²) < 4.78 is 5.34. The van der Waals surface area contributed by atoms with Crippen molar-refractivity contribution in [2.24, 2.45) is 5.41 Å². The van der Waals surface area contributed by atoms with Crippen LogP contribution in [-0.2, 0) is 9.53 Å². The van der Waals surface area contributed by atoms with Crippen LogP contribution >= 0.6 is 0 Å². The third-order valence-electron chi connectivity index (χ3n) is 3.51. The number of fused-ring (bicyclic) bond motifs is 1. The van der Waals surface area contributed by atoms with Crippen LogP contribution in [0.4, 0.5) is 0 Å². The van der Waals surface area contributed by atoms with Gasteiger partial charge >= 0.3 is 5.97 Å². The Bertz CT molecular complexity index is 257. The molecule has 14 heavy (non-hydrogen) atoms. The normalized spacial score (nSPS) is 35.5. The summed E-state index contributed by atoms with van der Waals surface area (Å²) in [5, 5.41) is 0. The molecule has 0 unspecified atom stereocenters. The smallest absolute Gasteiger partial charge is 0.307 e. The summed E-state index contributed by atoms with van der Waals surface area (Å²) in [5.74, 6) is -0.00217. The van der Waals surface area contributed by atoms with Gasteiger partial charge in [-0.2, -0.15) is 0 Å². The Balaban J connectivity index is 2.12. The quantitative estimate of drug-likeness (QED) is 0.510. The minimum atomic E-state index is -0.00217. The van der Waals surface area contributed by atoms with Crippen molar-refractivity contribution in [3.63, 3.8) is 0 Å². The van der Waals surface area contributed by atoms with Crippen LogP contribution in [0, 0.1) is 5.41 Å². The third-order valence-corrected chi connectivity index (χ3v) is 3.51. The van der Waals surface area contributed by atoms with E-state index in [1.165, 1.54) is 12.8 Å². The van der Waals surface area contributed by atoms with Crippen molar-refractivity contribution in [1.82, 2.24) is 0 Å². The molecule has 0 bridgehead atoms. The van der Waals surface area contributed by atoms with E-state index in [9.17, 15) is 4.79 Å². The first-order valence-electron chi connectivity index (χ1n) is 5.63. The average molecular weight is 194 g/mol. The van der Waals surface area contributed by atoms with Crippen LogP contribution in [0.5, 0.6) is 0 Å². The van der Waals surface area contributed by atoms with Gasteiger partial charge in [0, 0.05) is 5.41 Å². The second-order valence-corrected chi connectivity index (χ2v) is 4.52. The lowest BCUT2D eigenvalue weighted by molar-refractivity contribution is -0.140. The van der Waals surface area contributed by atoms with Crippen molar-refractivity contribution in [3.8, 4) is 0 Å². The van der Waals surface area contributed by atoms with Crippen molar-refractivity contribution >= 4 is 5.97 Å². The highest BCUT2D eigenvalue weighted by Crippen LogP contribution is 2.46. The summed E-state index contributed by atoms with van der Waals surface area (Å²) in [4.78, 5) is 11.3. The highest BCUT2D eigenvalue weighted by atomic mass is 16.6. The van der Waals surface area contributed by atoms with E-state index in [1.807, 2.05) is 0 Å². The SMILES string of the molecule is CCCC[C@@]12CCC=C[C@@H]1OC(=O)C2. The Morgan fingerprint density at radius 1 is 1.64 bits per heavy atom. The van der Waals surface area contributed by atoms with Gasteiger partial charge in [0.2, 0.25) is 0 Å². The first-order chi connectivity index (χ1) is 6.77. The maximum atomic E-state index is 11.3. The van der Waals surface area contributed by atoms with Crippen LogP contribution in [0.15, 0.2) is 12.2 Å². The van der Waals surface area contributed by atoms with E-state index in [0.717, 1.165) is 19.3 Å². The molecule has 0 spiro atoms. The molecule has 0 N–H and O–H groups in total. The Labute approximate surface area is 85.3 Å². The minimum absolute atomic E-state index is 0.00217. The third kappa shape index (κ3) is 1.58. The van der Waals surface area contributed by atoms with Gasteiger partial charge in [0.1, 0.15) is 6.10 Å². The molecule has 2 nitrogen and oxygen atoms in total. The number of ether oxygens (including phenoxy) is 1. The number of hydrogen-bond acceptors (Lipinski definition) is 2. The zero-order chi connectivity index (χ0) is 10.0. The van der Waals surface area contributed by atoms with Gasteiger partial charge in [0.05, 0.1) is 6.42 Å². The highest BCUT2D eigenvalue weighted by molar-refractivity contribution is 5.73. The Hall–Kier alpha value is -0.790. The molecule has 1 aliphatic heterocycles. The van der Waals surface area contributed by atoms with Crippen molar-refractivity contribution in [1.29, 1.82) is 0 Å². The van der Waals surface area contributed by atoms with Crippen LogP contribution < -0.4 is 0 Å². The molecule has 0 aromatic carbocycles. The number of allylic oxidation sites excluding steroid dienone is 1. The lowest BCUT2D eigenvalue weighted by Gasteiger charge is -2.33. The van der Waals surface area contributed by atoms with Gasteiger partial charge in [-0.1, -0.05) is 25.8 Å². The van der Waals surface area contributed by atoms with E-state index in [1.54, 1.807) is 0 Å². The van der Waals surface area contributed by atoms with Gasteiger partial charge in [-0.15, -0.1) is 0 Å². The molecule has 78 valence electrons. The molecular formula is C12H18O2. The minimum Gasteiger partial charge on any atom is -0.457 e. The summed E-state index contributed by atoms with van der Waals surface area (Å²) >= 11 is 0. The van der Waals surface area contributed by atoms with E-state index >= 15 is 0 Å². The molecule has 0 saturated carbocycles. The lowest BCUT2D eigenvalue weighted by Crippen LogP contribution is -2.31. The van der Waals surface area contributed by atoms with Gasteiger partial charge in [-0.25, -0.2) is 0 Å². The fourth-order valence-electron chi connectivity index (χ4n) is 2.65. The Kier molecular flexibility index (Phi) is 2.62. The predicted octanol–water partition coefficient (Wildman–Crippen LogP) is 2.83. The molecule has 2 rings (SSSR count). The molecule has 0 amide bonds. The van der Waals surface area contributed by atoms with E-state index in [2.05, 4.69) is 19.1 Å². The first-order valence-corrected chi connectivity index (χ1v) is 5.63. The molecule has 1 fully saturated rings. The van der Waals surface area contributed by atoms with Crippen molar-refractivity contribution in [2.75, 3.05) is 0 Å². The summed E-state index contributed by atoms with van der Waals surface area (Å²) in [6.07, 6.45) is 10.7. The summed E-state index contributed by atoms with van der Waals surface area (Å²) in [6, 6.07) is 0. The largest absolute Gasteiger partial charge is 0.457 e. The van der Waals surface area contributed by atoms with Gasteiger partial charge in [0.25, 0.3) is 0 Å². The molecule has 2 heteroatoms. The van der Waals surface area contributed by atoms with Crippen LogP contribution in [0.2, 0.25) is 0 Å². The van der Waals surface area contributed by atoms with Crippen molar-refractivity contribution < 1.29 is 9.53 Å². The molecule has 1 saturated heterocycles. The monoisotopic (exact) mass is 194 g/mol. The van der Waals surface area contributed by atoms with Gasteiger partial charge < -0.3 is 4.74 Å². The highest BCUT2D eigenvalue weighted by Gasteiger charge is 2.47. The molecule has 1 aliphatic carbocycles. The first kappa shape index (κ1) is 9.75. The van der Waals surface area contributed by atoms with E-state index in [4.69, 9.17) is 4.74 Å². The van der Waals surface area contributed by atoms with Gasteiger partial charge in [-0.3, -0.25) is 4.79 Å². The maximum Gasteiger partial charge on any atom is 0.307 e. The van der Waals surface area contributed by atoms with Crippen LogP contribution in [0.3, 0.4) is 0 Å². The van der Waals surface area contributed by atoms with Crippen LogP contribution in [-0.4, -0.2) is 12.1 Å². The summed E-state index contributed by atoms with van der Waals surface area (Å²) in [7, 11) is 0. The maximum absolute atomic E-state index is 11.3. The number of carbonyl (C=O) groups is 1. The van der Waals surface area contributed by atoms with Crippen molar-refractivity contribution in [2.45, 2.75) is 51.6 Å². The zero-order valence-corrected chi connectivity index (χ0v) is 8.79. The number of esters is 1. The fraction of sp³-hybridized carbons (Fsp3) is 0.750. The fourth-order valence-corrected chi connectivity index (χ4v) is 2.65. The van der Waals surface area contributed by atoms with E-state index < -0.39 is 0 Å². The van der Waals surface area contributed by atoms with Crippen molar-refractivity contribution in [3.05, 3.63) is 12.2 Å². The zero-order valence-electron chi connectivity index (χ0n) is 8.79. The molecule has 2 atom stereocenters. The van der Waals surface area contributed by atoms with E-state index in [0.29, 0.717) is 6.42 Å². The number of hydrogen-bond donors (Lipinski definition) is 0. The second-order valence-electron chi connectivity index (χ2n) is 4.52. The summed E-state index contributed by atoms with van der Waals surface area (Å²) in [6.45, 7) is 2.20. The molecule has 0 radical (unpaired) electrons. The Morgan fingerprint density at radius 3 is 3.29 bits per heavy atom. The molecule has 1 heterocycles. The number of unbranched alkanes of at least 4 members (excludes halogenated alkanes) is 1. The van der Waals surface area contributed by atoms with Gasteiger partial charge in [-0.05, 0) is 25.3 Å². The number of rotatable bonds is 3. The molecule has 0 aromatic rings. The Morgan fingerprint density at radius 2 is 2.50 bits per heavy atom. The van der Waals surface area contributed by atoms with Crippen LogP contribution in [0.25, 0.3) is 0 Å². The molecular weight excluding hydrogens is 176 g/mol. The van der Waals surface area contributed by atoms with Crippen LogP contribution in [0.1, 0.15) is 45.4 Å². The second kappa shape index (κ2) is 3.76. The van der Waals surface area contributed by atoms with Gasteiger partial charge in [0.15, 0.2) is 0 Å². The predicted molar refractivity (Wildman–Crippen MR) is 54.8 cm³/mol. The number of carbonyl (C=O) groups excluding carboxylic acids is 1. The molecule has 0 aromatic heterocycles. The topological polar surface area (TPSA) is 26.3 Å². The standard InChI is InChI=1S/C12H18O2/c1-2-3-7-12-8-5-4-6-10(12)14-11(13)9-12/h4,6,10H,2-3,5,7-9H2,1H3/t10-,12-/m0/s1. The van der Waals surface area contributed by atoms with E-state index in [-0.39, 0.29) is 17.5 Å². The average Bonchev–Trinajstić information content (AvgIpc) is 2.51. The summed E-state index contributed by atoms with van der Waals surface area (Å²) in [5.41, 5.74) is 0.155. The molecule has 2 aliphatic rings.